The van der Waals surface area contributed by atoms with E-state index in [0.717, 1.165) is 22.0 Å². The largest absolute Gasteiger partial charge is 0.352 e. The zero-order valence-corrected chi connectivity index (χ0v) is 23.0. The molecule has 3 aromatic carbocycles. The van der Waals surface area contributed by atoms with Crippen molar-refractivity contribution < 1.29 is 14.4 Å². The summed E-state index contributed by atoms with van der Waals surface area (Å²) in [6.45, 7) is 5.80. The predicted octanol–water partition coefficient (Wildman–Crippen LogP) is 6.57. The van der Waals surface area contributed by atoms with Crippen molar-refractivity contribution in [3.8, 4) is 0 Å². The van der Waals surface area contributed by atoms with Gasteiger partial charge in [-0.1, -0.05) is 43.1 Å². The van der Waals surface area contributed by atoms with Crippen LogP contribution in [0.4, 0.5) is 11.4 Å². The summed E-state index contributed by atoms with van der Waals surface area (Å²) in [5.41, 5.74) is 4.47. The van der Waals surface area contributed by atoms with Gasteiger partial charge in [-0.3, -0.25) is 14.4 Å². The first kappa shape index (κ1) is 27.2. The Morgan fingerprint density at radius 1 is 0.895 bits per heavy atom. The second-order valence-electron chi connectivity index (χ2n) is 9.42. The van der Waals surface area contributed by atoms with Gasteiger partial charge in [-0.05, 0) is 72.6 Å². The van der Waals surface area contributed by atoms with Crippen LogP contribution in [0.1, 0.15) is 45.8 Å². The predicted molar refractivity (Wildman–Crippen MR) is 153 cm³/mol. The molecule has 0 saturated heterocycles. The van der Waals surface area contributed by atoms with Crippen LogP contribution in [0.3, 0.4) is 0 Å². The zero-order valence-electron chi connectivity index (χ0n) is 21.5. The molecule has 0 saturated carbocycles. The van der Waals surface area contributed by atoms with Crippen LogP contribution in [-0.4, -0.2) is 22.3 Å². The van der Waals surface area contributed by atoms with E-state index in [2.05, 4.69) is 16.0 Å². The fraction of sp³-hybridized carbons (Fsp3) is 0.207. The van der Waals surface area contributed by atoms with Gasteiger partial charge in [0.25, 0.3) is 11.8 Å². The highest BCUT2D eigenvalue weighted by Crippen LogP contribution is 2.26. The first-order valence-corrected chi connectivity index (χ1v) is 12.8. The number of hydrogen-bond donors (Lipinski definition) is 3. The Morgan fingerprint density at radius 2 is 1.66 bits per heavy atom. The standard InChI is InChI=1S/C29H28Cl2N4O3/c1-16(2)27(36)32-15-18-5-8-23(31)22(12-18)28(37)33-21-7-10-25-19(13-21)14-26(35(25)4)29(38)34-24-9-6-20(30)11-17(24)3/h5-14,16H,15H2,1-4H3,(H,32,36)(H,33,37)(H,34,38). The number of carbonyl (C=O) groups excluding carboxylic acids is 3. The molecule has 0 unspecified atom stereocenters. The van der Waals surface area contributed by atoms with Gasteiger partial charge in [-0.25, -0.2) is 0 Å². The summed E-state index contributed by atoms with van der Waals surface area (Å²) >= 11 is 12.3. The van der Waals surface area contributed by atoms with E-state index < -0.39 is 0 Å². The molecule has 1 aromatic heterocycles. The third kappa shape index (κ3) is 6.01. The van der Waals surface area contributed by atoms with Crippen LogP contribution in [0.15, 0.2) is 60.7 Å². The average Bonchev–Trinajstić information content (AvgIpc) is 3.20. The first-order valence-electron chi connectivity index (χ1n) is 12.1. The minimum Gasteiger partial charge on any atom is -0.352 e. The van der Waals surface area contributed by atoms with E-state index in [4.69, 9.17) is 23.2 Å². The number of fused-ring (bicyclic) bond motifs is 1. The van der Waals surface area contributed by atoms with Crippen LogP contribution in [0.2, 0.25) is 10.0 Å². The Hall–Kier alpha value is -3.81. The van der Waals surface area contributed by atoms with Gasteiger partial charge in [0.2, 0.25) is 5.91 Å². The van der Waals surface area contributed by atoms with Crippen molar-refractivity contribution in [3.05, 3.63) is 93.1 Å². The highest BCUT2D eigenvalue weighted by molar-refractivity contribution is 6.34. The molecule has 3 amide bonds. The van der Waals surface area contributed by atoms with Crippen LogP contribution >= 0.6 is 23.2 Å². The summed E-state index contributed by atoms with van der Waals surface area (Å²) in [5, 5.41) is 10.3. The molecule has 0 spiro atoms. The molecule has 196 valence electrons. The molecule has 9 heteroatoms. The van der Waals surface area contributed by atoms with E-state index >= 15 is 0 Å². The lowest BCUT2D eigenvalue weighted by molar-refractivity contribution is -0.124. The molecular weight excluding hydrogens is 523 g/mol. The number of carbonyl (C=O) groups is 3. The normalized spacial score (nSPS) is 11.0. The van der Waals surface area contributed by atoms with Crippen molar-refractivity contribution in [3.63, 3.8) is 0 Å². The lowest BCUT2D eigenvalue weighted by Crippen LogP contribution is -2.27. The topological polar surface area (TPSA) is 92.2 Å². The molecule has 3 N–H and O–H groups in total. The number of aromatic nitrogens is 1. The van der Waals surface area contributed by atoms with E-state index in [-0.39, 0.29) is 23.6 Å². The van der Waals surface area contributed by atoms with Crippen molar-refractivity contribution in [1.82, 2.24) is 9.88 Å². The number of rotatable bonds is 7. The molecular formula is C29H28Cl2N4O3. The van der Waals surface area contributed by atoms with Gasteiger partial charge in [-0.15, -0.1) is 0 Å². The summed E-state index contributed by atoms with van der Waals surface area (Å²) in [7, 11) is 1.81. The fourth-order valence-corrected chi connectivity index (χ4v) is 4.48. The number of nitrogens with one attached hydrogen (secondary N) is 3. The molecule has 0 aliphatic heterocycles. The Bertz CT molecular complexity index is 1560. The SMILES string of the molecule is Cc1cc(Cl)ccc1NC(=O)c1cc2cc(NC(=O)c3cc(CNC(=O)C(C)C)ccc3Cl)ccc2n1C. The number of anilines is 2. The second-order valence-corrected chi connectivity index (χ2v) is 10.3. The highest BCUT2D eigenvalue weighted by Gasteiger charge is 2.17. The molecule has 0 atom stereocenters. The monoisotopic (exact) mass is 550 g/mol. The molecule has 0 bridgehead atoms. The lowest BCUT2D eigenvalue weighted by Gasteiger charge is -2.11. The van der Waals surface area contributed by atoms with Gasteiger partial charge in [-0.2, -0.15) is 0 Å². The Labute approximate surface area is 231 Å². The van der Waals surface area contributed by atoms with Gasteiger partial charge in [0.15, 0.2) is 0 Å². The molecule has 0 aliphatic carbocycles. The fourth-order valence-electron chi connectivity index (χ4n) is 4.05. The van der Waals surface area contributed by atoms with Crippen molar-refractivity contribution in [2.24, 2.45) is 13.0 Å². The van der Waals surface area contributed by atoms with Crippen LogP contribution < -0.4 is 16.0 Å². The Kier molecular flexibility index (Phi) is 8.09. The molecule has 0 radical (unpaired) electrons. The number of amides is 3. The highest BCUT2D eigenvalue weighted by atomic mass is 35.5. The number of nitrogens with zero attached hydrogens (tertiary/aromatic N) is 1. The molecule has 7 nitrogen and oxygen atoms in total. The van der Waals surface area contributed by atoms with Crippen LogP contribution in [0.5, 0.6) is 0 Å². The molecule has 38 heavy (non-hydrogen) atoms. The quantitative estimate of drug-likeness (QED) is 0.243. The second kappa shape index (κ2) is 11.3. The molecule has 0 aliphatic rings. The summed E-state index contributed by atoms with van der Waals surface area (Å²) in [5.74, 6) is -0.837. The zero-order chi connectivity index (χ0) is 27.6. The summed E-state index contributed by atoms with van der Waals surface area (Å²) in [4.78, 5) is 38.0. The Balaban J connectivity index is 1.52. The smallest absolute Gasteiger partial charge is 0.272 e. The minimum absolute atomic E-state index is 0.0709. The van der Waals surface area contributed by atoms with Gasteiger partial charge in [0, 0.05) is 46.8 Å². The number of hydrogen-bond acceptors (Lipinski definition) is 3. The van der Waals surface area contributed by atoms with E-state index in [1.807, 2.05) is 33.9 Å². The maximum absolute atomic E-state index is 13.0. The molecule has 4 aromatic rings. The lowest BCUT2D eigenvalue weighted by atomic mass is 10.1. The summed E-state index contributed by atoms with van der Waals surface area (Å²) in [6, 6.07) is 17.6. The third-order valence-electron chi connectivity index (χ3n) is 6.24. The number of aryl methyl sites for hydroxylation is 2. The van der Waals surface area contributed by atoms with Crippen LogP contribution in [-0.2, 0) is 18.4 Å². The minimum atomic E-state index is -0.376. The first-order chi connectivity index (χ1) is 18.0. The number of benzene rings is 3. The van der Waals surface area contributed by atoms with Crippen molar-refractivity contribution >= 4 is 63.2 Å². The Morgan fingerprint density at radius 3 is 2.37 bits per heavy atom. The molecule has 1 heterocycles. The van der Waals surface area contributed by atoms with Crippen LogP contribution in [0.25, 0.3) is 10.9 Å². The van der Waals surface area contributed by atoms with Crippen molar-refractivity contribution in [1.29, 1.82) is 0 Å². The van der Waals surface area contributed by atoms with E-state index in [0.29, 0.717) is 39.2 Å². The third-order valence-corrected chi connectivity index (χ3v) is 6.80. The van der Waals surface area contributed by atoms with Gasteiger partial charge in [0.05, 0.1) is 10.6 Å². The maximum Gasteiger partial charge on any atom is 0.272 e. The van der Waals surface area contributed by atoms with E-state index in [9.17, 15) is 14.4 Å². The molecule has 4 rings (SSSR count). The number of halogens is 2. The molecule has 0 fully saturated rings. The van der Waals surface area contributed by atoms with E-state index in [1.54, 1.807) is 59.2 Å². The summed E-state index contributed by atoms with van der Waals surface area (Å²) in [6.07, 6.45) is 0. The van der Waals surface area contributed by atoms with Crippen LogP contribution in [0, 0.1) is 12.8 Å². The van der Waals surface area contributed by atoms with Gasteiger partial charge in [0.1, 0.15) is 5.69 Å². The maximum atomic E-state index is 13.0. The van der Waals surface area contributed by atoms with E-state index in [1.165, 1.54) is 0 Å². The summed E-state index contributed by atoms with van der Waals surface area (Å²) < 4.78 is 1.80. The average molecular weight is 551 g/mol. The van der Waals surface area contributed by atoms with Gasteiger partial charge >= 0.3 is 0 Å². The van der Waals surface area contributed by atoms with Crippen molar-refractivity contribution in [2.75, 3.05) is 10.6 Å². The van der Waals surface area contributed by atoms with Crippen molar-refractivity contribution in [2.45, 2.75) is 27.3 Å². The van der Waals surface area contributed by atoms with Gasteiger partial charge < -0.3 is 20.5 Å².